The molecule has 1 saturated heterocycles. The van der Waals surface area contributed by atoms with E-state index in [-0.39, 0.29) is 42.3 Å². The fourth-order valence-electron chi connectivity index (χ4n) is 3.63. The van der Waals surface area contributed by atoms with Gasteiger partial charge in [0.05, 0.1) is 34.9 Å². The Morgan fingerprint density at radius 3 is 2.70 bits per heavy atom. The second kappa shape index (κ2) is 9.94. The third kappa shape index (κ3) is 5.04. The van der Waals surface area contributed by atoms with Crippen molar-refractivity contribution in [2.24, 2.45) is 11.0 Å². The predicted octanol–water partition coefficient (Wildman–Crippen LogP) is 2.78. The zero-order valence-corrected chi connectivity index (χ0v) is 18.3. The summed E-state index contributed by atoms with van der Waals surface area (Å²) < 4.78 is 7.73. The molecular formula is C20H21Cl3N4O3. The standard InChI is InChI=1S/C20H20Cl2N4O3.ClH/c21-15-2-1-13(7-16(15)22)20-14(10-23-4-6-29-20)11-26-5-3-12(8-19(26)28)17-9-18(27)25-24-17;/h1-3,5,7-8,14,20,23H,4,6,9-11H2,(H,25,27);1H/t14-,20-;/m0./s1. The fourth-order valence-corrected chi connectivity index (χ4v) is 3.93. The van der Waals surface area contributed by atoms with Crippen LogP contribution in [0.4, 0.5) is 0 Å². The molecule has 160 valence electrons. The van der Waals surface area contributed by atoms with Gasteiger partial charge in [-0.1, -0.05) is 29.3 Å². The summed E-state index contributed by atoms with van der Waals surface area (Å²) in [5, 5.41) is 8.30. The molecule has 0 spiro atoms. The Kier molecular flexibility index (Phi) is 7.55. The van der Waals surface area contributed by atoms with Gasteiger partial charge in [0.25, 0.3) is 5.56 Å². The van der Waals surface area contributed by atoms with Gasteiger partial charge in [-0.3, -0.25) is 9.59 Å². The second-order valence-corrected chi connectivity index (χ2v) is 7.92. The summed E-state index contributed by atoms with van der Waals surface area (Å²) in [4.78, 5) is 24.0. The van der Waals surface area contributed by atoms with Crippen molar-refractivity contribution in [2.45, 2.75) is 19.1 Å². The Labute approximate surface area is 189 Å². The van der Waals surface area contributed by atoms with Crippen molar-refractivity contribution in [2.75, 3.05) is 19.7 Å². The number of ether oxygens (including phenoxy) is 1. The molecule has 3 heterocycles. The SMILES string of the molecule is Cl.O=C1CC(c2ccn(C[C@@H]3CNCCO[C@H]3c3ccc(Cl)c(Cl)c3)c(=O)c2)=NN1. The van der Waals surface area contributed by atoms with Crippen LogP contribution < -0.4 is 16.3 Å². The van der Waals surface area contributed by atoms with E-state index in [1.54, 1.807) is 22.9 Å². The van der Waals surface area contributed by atoms with E-state index >= 15 is 0 Å². The minimum atomic E-state index is -0.215. The Balaban J connectivity index is 0.00000256. The van der Waals surface area contributed by atoms with Crippen molar-refractivity contribution >= 4 is 47.2 Å². The maximum Gasteiger partial charge on any atom is 0.251 e. The van der Waals surface area contributed by atoms with Gasteiger partial charge in [-0.05, 0) is 23.8 Å². The van der Waals surface area contributed by atoms with Crippen LogP contribution in [0.15, 0.2) is 46.4 Å². The molecule has 1 aromatic heterocycles. The lowest BCUT2D eigenvalue weighted by Gasteiger charge is -2.26. The molecule has 2 N–H and O–H groups in total. The van der Waals surface area contributed by atoms with Crippen LogP contribution in [0.5, 0.6) is 0 Å². The molecule has 2 atom stereocenters. The van der Waals surface area contributed by atoms with Crippen molar-refractivity contribution in [1.82, 2.24) is 15.3 Å². The predicted molar refractivity (Wildman–Crippen MR) is 119 cm³/mol. The third-order valence-corrected chi connectivity index (χ3v) is 5.83. The van der Waals surface area contributed by atoms with Gasteiger partial charge in [0.15, 0.2) is 0 Å². The van der Waals surface area contributed by atoms with Gasteiger partial charge >= 0.3 is 0 Å². The first-order chi connectivity index (χ1) is 14.0. The molecular weight excluding hydrogens is 451 g/mol. The highest BCUT2D eigenvalue weighted by Crippen LogP contribution is 2.32. The van der Waals surface area contributed by atoms with Gasteiger partial charge in [-0.25, -0.2) is 5.43 Å². The average molecular weight is 472 g/mol. The van der Waals surface area contributed by atoms with E-state index in [1.807, 2.05) is 12.1 Å². The number of carbonyl (C=O) groups excluding carboxylic acids is 1. The third-order valence-electron chi connectivity index (χ3n) is 5.09. The van der Waals surface area contributed by atoms with Gasteiger partial charge in [-0.15, -0.1) is 12.4 Å². The highest BCUT2D eigenvalue weighted by molar-refractivity contribution is 6.42. The van der Waals surface area contributed by atoms with Gasteiger partial charge < -0.3 is 14.6 Å². The Hall–Kier alpha value is -1.90. The van der Waals surface area contributed by atoms with Crippen LogP contribution >= 0.6 is 35.6 Å². The summed E-state index contributed by atoms with van der Waals surface area (Å²) in [6.07, 6.45) is 1.70. The zero-order chi connectivity index (χ0) is 20.4. The van der Waals surface area contributed by atoms with Crippen LogP contribution in [-0.2, 0) is 16.1 Å². The topological polar surface area (TPSA) is 84.7 Å². The maximum atomic E-state index is 12.7. The molecule has 10 heteroatoms. The molecule has 0 saturated carbocycles. The lowest BCUT2D eigenvalue weighted by molar-refractivity contribution is -0.119. The van der Waals surface area contributed by atoms with Crippen LogP contribution in [0.2, 0.25) is 10.0 Å². The molecule has 30 heavy (non-hydrogen) atoms. The lowest BCUT2D eigenvalue weighted by atomic mass is 9.95. The smallest absolute Gasteiger partial charge is 0.251 e. The number of pyridine rings is 1. The number of hydrazone groups is 1. The van der Waals surface area contributed by atoms with Crippen LogP contribution in [0.3, 0.4) is 0 Å². The van der Waals surface area contributed by atoms with E-state index in [4.69, 9.17) is 27.9 Å². The van der Waals surface area contributed by atoms with E-state index in [2.05, 4.69) is 15.8 Å². The van der Waals surface area contributed by atoms with E-state index in [9.17, 15) is 9.59 Å². The number of amides is 1. The first-order valence-corrected chi connectivity index (χ1v) is 10.1. The molecule has 2 aliphatic heterocycles. The van der Waals surface area contributed by atoms with Crippen molar-refractivity contribution in [3.63, 3.8) is 0 Å². The molecule has 7 nitrogen and oxygen atoms in total. The molecule has 0 bridgehead atoms. The summed E-state index contributed by atoms with van der Waals surface area (Å²) >= 11 is 12.2. The minimum Gasteiger partial charge on any atom is -0.372 e. The Morgan fingerprint density at radius 1 is 1.17 bits per heavy atom. The number of hydrogen-bond donors (Lipinski definition) is 2. The molecule has 1 fully saturated rings. The summed E-state index contributed by atoms with van der Waals surface area (Å²) in [6.45, 7) is 2.48. The highest BCUT2D eigenvalue weighted by Gasteiger charge is 2.27. The van der Waals surface area contributed by atoms with Crippen LogP contribution in [-0.4, -0.2) is 35.9 Å². The quantitative estimate of drug-likeness (QED) is 0.718. The van der Waals surface area contributed by atoms with Gasteiger partial charge in [0.1, 0.15) is 0 Å². The molecule has 0 radical (unpaired) electrons. The Morgan fingerprint density at radius 2 is 2.00 bits per heavy atom. The van der Waals surface area contributed by atoms with E-state index in [0.29, 0.717) is 41.0 Å². The zero-order valence-electron chi connectivity index (χ0n) is 15.9. The summed E-state index contributed by atoms with van der Waals surface area (Å²) in [5.41, 5.74) is 4.41. The first kappa shape index (κ1) is 22.8. The molecule has 1 aromatic carbocycles. The van der Waals surface area contributed by atoms with Gasteiger partial charge in [0, 0.05) is 43.4 Å². The van der Waals surface area contributed by atoms with Crippen molar-refractivity contribution < 1.29 is 9.53 Å². The number of hydrogen-bond acceptors (Lipinski definition) is 5. The minimum absolute atomic E-state index is 0. The van der Waals surface area contributed by atoms with Gasteiger partial charge in [-0.2, -0.15) is 5.10 Å². The first-order valence-electron chi connectivity index (χ1n) is 9.35. The summed E-state index contributed by atoms with van der Waals surface area (Å²) in [5.74, 6) is -0.152. The number of carbonyl (C=O) groups is 1. The monoisotopic (exact) mass is 470 g/mol. The number of benzene rings is 1. The number of nitrogens with zero attached hydrogens (tertiary/aromatic N) is 2. The fraction of sp³-hybridized carbons (Fsp3) is 0.350. The highest BCUT2D eigenvalue weighted by atomic mass is 35.5. The molecule has 2 aromatic rings. The van der Waals surface area contributed by atoms with Crippen molar-refractivity contribution in [3.8, 4) is 0 Å². The molecule has 0 aliphatic carbocycles. The number of rotatable bonds is 4. The van der Waals surface area contributed by atoms with E-state index < -0.39 is 0 Å². The van der Waals surface area contributed by atoms with E-state index in [1.165, 1.54) is 6.07 Å². The van der Waals surface area contributed by atoms with Gasteiger partial charge in [0.2, 0.25) is 5.91 Å². The lowest BCUT2D eigenvalue weighted by Crippen LogP contribution is -2.32. The van der Waals surface area contributed by atoms with Crippen LogP contribution in [0.1, 0.15) is 23.7 Å². The molecule has 1 amide bonds. The number of nitrogens with one attached hydrogen (secondary N) is 2. The Bertz CT molecular complexity index is 1020. The molecule has 2 aliphatic rings. The van der Waals surface area contributed by atoms with Crippen LogP contribution in [0, 0.1) is 5.92 Å². The van der Waals surface area contributed by atoms with E-state index in [0.717, 1.165) is 12.1 Å². The second-order valence-electron chi connectivity index (χ2n) is 7.11. The average Bonchev–Trinajstić information content (AvgIpc) is 3.00. The summed E-state index contributed by atoms with van der Waals surface area (Å²) in [6, 6.07) is 8.81. The largest absolute Gasteiger partial charge is 0.372 e. The molecule has 0 unspecified atom stereocenters. The number of aromatic nitrogens is 1. The summed E-state index contributed by atoms with van der Waals surface area (Å²) in [7, 11) is 0. The van der Waals surface area contributed by atoms with Crippen molar-refractivity contribution in [1.29, 1.82) is 0 Å². The molecule has 4 rings (SSSR count). The maximum absolute atomic E-state index is 12.7. The normalized spacial score (nSPS) is 21.4. The van der Waals surface area contributed by atoms with Crippen LogP contribution in [0.25, 0.3) is 0 Å². The van der Waals surface area contributed by atoms with Crippen molar-refractivity contribution in [3.05, 3.63) is 68.1 Å². The number of halogens is 3.